The summed E-state index contributed by atoms with van der Waals surface area (Å²) in [5, 5.41) is 11.9. The minimum absolute atomic E-state index is 0.278. The number of rotatable bonds is 6. The summed E-state index contributed by atoms with van der Waals surface area (Å²) in [5.41, 5.74) is 7.36. The number of primary amides is 1. The van der Waals surface area contributed by atoms with E-state index in [9.17, 15) is 9.59 Å². The number of hydrogen-bond acceptors (Lipinski definition) is 6. The number of carbonyl (C=O) groups is 2. The molecule has 0 saturated heterocycles. The van der Waals surface area contributed by atoms with Gasteiger partial charge >= 0.3 is 0 Å². The first-order valence-corrected chi connectivity index (χ1v) is 9.59. The summed E-state index contributed by atoms with van der Waals surface area (Å²) < 4.78 is 8.30. The van der Waals surface area contributed by atoms with Crippen molar-refractivity contribution in [3.05, 3.63) is 59.6 Å². The van der Waals surface area contributed by atoms with Crippen LogP contribution in [0.5, 0.6) is 5.75 Å². The molecule has 10 nitrogen and oxygen atoms in total. The molecule has 3 heterocycles. The van der Waals surface area contributed by atoms with Gasteiger partial charge < -0.3 is 15.8 Å². The van der Waals surface area contributed by atoms with Crippen LogP contribution >= 0.6 is 11.6 Å². The van der Waals surface area contributed by atoms with E-state index in [1.54, 1.807) is 43.6 Å². The van der Waals surface area contributed by atoms with E-state index in [4.69, 9.17) is 22.1 Å². The van der Waals surface area contributed by atoms with Gasteiger partial charge in [-0.1, -0.05) is 11.6 Å². The van der Waals surface area contributed by atoms with Gasteiger partial charge in [-0.3, -0.25) is 14.3 Å². The normalized spacial score (nSPS) is 12.0. The highest BCUT2D eigenvalue weighted by Crippen LogP contribution is 2.36. The van der Waals surface area contributed by atoms with Crippen LogP contribution in [0, 0.1) is 0 Å². The van der Waals surface area contributed by atoms with E-state index < -0.39 is 17.9 Å². The molecule has 0 aliphatic carbocycles. The number of anilines is 1. The Labute approximate surface area is 181 Å². The number of aromatic nitrogens is 5. The van der Waals surface area contributed by atoms with E-state index in [1.807, 2.05) is 0 Å². The van der Waals surface area contributed by atoms with Crippen LogP contribution in [0.15, 0.2) is 49.1 Å². The van der Waals surface area contributed by atoms with Gasteiger partial charge in [0.1, 0.15) is 23.0 Å². The highest BCUT2D eigenvalue weighted by atomic mass is 35.5. The zero-order valence-corrected chi connectivity index (χ0v) is 17.4. The number of ether oxygens (including phenoxy) is 1. The van der Waals surface area contributed by atoms with Crippen LogP contribution in [-0.2, 0) is 4.79 Å². The SMILES string of the molecule is COc1ccc(Cl)cc1-c1nn(C(C)C(N)=O)cc1NC(=O)c1cnn2cccnc12. The summed E-state index contributed by atoms with van der Waals surface area (Å²) in [5.74, 6) is -0.520. The lowest BCUT2D eigenvalue weighted by atomic mass is 10.1. The maximum atomic E-state index is 13.0. The first kappa shape index (κ1) is 20.4. The number of nitrogens with zero attached hydrogens (tertiary/aromatic N) is 5. The van der Waals surface area contributed by atoms with Crippen LogP contribution in [0.4, 0.5) is 5.69 Å². The monoisotopic (exact) mass is 439 g/mol. The standard InChI is InChI=1S/C20H18ClN7O3/c1-11(18(22)29)28-10-15(17(26-28)13-8-12(21)4-5-16(13)31-2)25-20(30)14-9-24-27-7-3-6-23-19(14)27/h3-11H,1-2H3,(H2,22,29)(H,25,30). The van der Waals surface area contributed by atoms with Crippen molar-refractivity contribution in [2.24, 2.45) is 5.73 Å². The van der Waals surface area contributed by atoms with E-state index in [2.05, 4.69) is 20.5 Å². The number of halogens is 1. The molecule has 4 aromatic rings. The summed E-state index contributed by atoms with van der Waals surface area (Å²) in [6.45, 7) is 1.61. The molecule has 0 fully saturated rings. The highest BCUT2D eigenvalue weighted by Gasteiger charge is 2.23. The molecule has 3 N–H and O–H groups in total. The second kappa shape index (κ2) is 8.07. The van der Waals surface area contributed by atoms with Crippen molar-refractivity contribution >= 4 is 34.7 Å². The molecule has 0 aliphatic heterocycles. The predicted octanol–water partition coefficient (Wildman–Crippen LogP) is 2.55. The third kappa shape index (κ3) is 3.80. The fourth-order valence-corrected chi connectivity index (χ4v) is 3.23. The molecule has 158 valence electrons. The summed E-state index contributed by atoms with van der Waals surface area (Å²) in [4.78, 5) is 28.9. The molecule has 11 heteroatoms. The topological polar surface area (TPSA) is 129 Å². The Morgan fingerprint density at radius 1 is 1.32 bits per heavy atom. The fraction of sp³-hybridized carbons (Fsp3) is 0.150. The Kier molecular flexibility index (Phi) is 5.30. The van der Waals surface area contributed by atoms with Gasteiger partial charge in [-0.05, 0) is 31.2 Å². The second-order valence-electron chi connectivity index (χ2n) is 6.69. The lowest BCUT2D eigenvalue weighted by Crippen LogP contribution is -2.24. The molecule has 3 aromatic heterocycles. The Balaban J connectivity index is 1.80. The number of methoxy groups -OCH3 is 1. The molecule has 0 bridgehead atoms. The summed E-state index contributed by atoms with van der Waals surface area (Å²) in [6, 6.07) is 5.99. The molecule has 31 heavy (non-hydrogen) atoms. The van der Waals surface area contributed by atoms with Crippen molar-refractivity contribution in [3.63, 3.8) is 0 Å². The molecule has 0 spiro atoms. The average molecular weight is 440 g/mol. The molecule has 4 rings (SSSR count). The molecular weight excluding hydrogens is 422 g/mol. The summed E-state index contributed by atoms with van der Waals surface area (Å²) in [7, 11) is 1.51. The zero-order chi connectivity index (χ0) is 22.1. The van der Waals surface area contributed by atoms with Gasteiger partial charge in [0.05, 0.1) is 25.2 Å². The van der Waals surface area contributed by atoms with Crippen LogP contribution < -0.4 is 15.8 Å². The van der Waals surface area contributed by atoms with E-state index in [0.29, 0.717) is 33.4 Å². The number of hydrogen-bond donors (Lipinski definition) is 2. The van der Waals surface area contributed by atoms with Gasteiger partial charge in [-0.2, -0.15) is 10.2 Å². The van der Waals surface area contributed by atoms with Crippen LogP contribution in [0.2, 0.25) is 5.02 Å². The average Bonchev–Trinajstić information content (AvgIpc) is 3.37. The quantitative estimate of drug-likeness (QED) is 0.475. The first-order chi connectivity index (χ1) is 14.9. The smallest absolute Gasteiger partial charge is 0.261 e. The number of nitrogens with two attached hydrogens (primary N) is 1. The third-order valence-electron chi connectivity index (χ3n) is 4.73. The molecule has 1 aromatic carbocycles. The van der Waals surface area contributed by atoms with Crippen molar-refractivity contribution in [1.29, 1.82) is 0 Å². The van der Waals surface area contributed by atoms with Gasteiger partial charge in [0.25, 0.3) is 5.91 Å². The van der Waals surface area contributed by atoms with Gasteiger partial charge in [-0.15, -0.1) is 0 Å². The predicted molar refractivity (Wildman–Crippen MR) is 114 cm³/mol. The number of benzene rings is 1. The van der Waals surface area contributed by atoms with Gasteiger partial charge in [0.2, 0.25) is 5.91 Å². The molecule has 0 radical (unpaired) electrons. The molecule has 1 unspecified atom stereocenters. The number of nitrogens with one attached hydrogen (secondary N) is 1. The lowest BCUT2D eigenvalue weighted by Gasteiger charge is -2.09. The number of carbonyl (C=O) groups excluding carboxylic acids is 2. The van der Waals surface area contributed by atoms with Crippen LogP contribution in [-0.4, -0.2) is 43.3 Å². The molecule has 1 atom stereocenters. The lowest BCUT2D eigenvalue weighted by molar-refractivity contribution is -0.120. The van der Waals surface area contributed by atoms with Gasteiger partial charge in [0.15, 0.2) is 5.65 Å². The van der Waals surface area contributed by atoms with E-state index in [-0.39, 0.29) is 5.56 Å². The fourth-order valence-electron chi connectivity index (χ4n) is 3.05. The second-order valence-corrected chi connectivity index (χ2v) is 7.13. The van der Waals surface area contributed by atoms with Crippen LogP contribution in [0.3, 0.4) is 0 Å². The van der Waals surface area contributed by atoms with Crippen molar-refractivity contribution in [1.82, 2.24) is 24.4 Å². The van der Waals surface area contributed by atoms with Crippen LogP contribution in [0.1, 0.15) is 23.3 Å². The Bertz CT molecular complexity index is 1300. The van der Waals surface area contributed by atoms with Gasteiger partial charge in [-0.25, -0.2) is 9.50 Å². The maximum absolute atomic E-state index is 13.0. The number of fused-ring (bicyclic) bond motifs is 1. The summed E-state index contributed by atoms with van der Waals surface area (Å²) in [6.07, 6.45) is 6.21. The Morgan fingerprint density at radius 3 is 2.87 bits per heavy atom. The van der Waals surface area contributed by atoms with Crippen molar-refractivity contribution in [3.8, 4) is 17.0 Å². The first-order valence-electron chi connectivity index (χ1n) is 9.21. The minimum Gasteiger partial charge on any atom is -0.496 e. The molecule has 2 amide bonds. The summed E-state index contributed by atoms with van der Waals surface area (Å²) >= 11 is 6.18. The van der Waals surface area contributed by atoms with Crippen molar-refractivity contribution in [2.75, 3.05) is 12.4 Å². The highest BCUT2D eigenvalue weighted by molar-refractivity contribution is 6.31. The van der Waals surface area contributed by atoms with E-state index in [0.717, 1.165) is 0 Å². The van der Waals surface area contributed by atoms with Crippen molar-refractivity contribution in [2.45, 2.75) is 13.0 Å². The van der Waals surface area contributed by atoms with E-state index in [1.165, 1.54) is 28.7 Å². The molecule has 0 saturated carbocycles. The van der Waals surface area contributed by atoms with Crippen LogP contribution in [0.25, 0.3) is 16.9 Å². The Morgan fingerprint density at radius 2 is 2.13 bits per heavy atom. The van der Waals surface area contributed by atoms with Crippen molar-refractivity contribution < 1.29 is 14.3 Å². The minimum atomic E-state index is -0.742. The zero-order valence-electron chi connectivity index (χ0n) is 16.6. The largest absolute Gasteiger partial charge is 0.496 e. The third-order valence-corrected chi connectivity index (χ3v) is 4.96. The maximum Gasteiger partial charge on any atom is 0.261 e. The number of amides is 2. The molecule has 0 aliphatic rings. The van der Waals surface area contributed by atoms with E-state index >= 15 is 0 Å². The Hall–Kier alpha value is -3.92. The molecular formula is C20H18ClN7O3. The van der Waals surface area contributed by atoms with Gasteiger partial charge in [0, 0.05) is 23.0 Å².